The molecule has 0 aliphatic carbocycles. The second-order valence-electron chi connectivity index (χ2n) is 5.95. The van der Waals surface area contributed by atoms with E-state index in [9.17, 15) is 0 Å². The molecule has 1 unspecified atom stereocenters. The Morgan fingerprint density at radius 3 is 2.32 bits per heavy atom. The van der Waals surface area contributed by atoms with Crippen LogP contribution in [0.3, 0.4) is 0 Å². The molecule has 1 rings (SSSR count). The van der Waals surface area contributed by atoms with Crippen LogP contribution in [-0.2, 0) is 0 Å². The monoisotopic (exact) mass is 261 g/mol. The lowest BCUT2D eigenvalue weighted by atomic mass is 9.97. The van der Waals surface area contributed by atoms with E-state index in [4.69, 9.17) is 0 Å². The fraction of sp³-hybridized carbons (Fsp3) is 0.667. The van der Waals surface area contributed by atoms with Crippen LogP contribution in [0.15, 0.2) is 30.3 Å². The molecule has 0 aromatic heterocycles. The molecule has 0 amide bonds. The normalized spacial score (nSPS) is 12.8. The van der Waals surface area contributed by atoms with Crippen LogP contribution in [0.25, 0.3) is 0 Å². The molecule has 108 valence electrons. The molecule has 0 saturated carbocycles. The maximum Gasteiger partial charge on any atom is 0.0320 e. The number of hydrogen-bond donors (Lipinski definition) is 1. The van der Waals surface area contributed by atoms with E-state index in [1.54, 1.807) is 0 Å². The molecule has 0 heterocycles. The van der Waals surface area contributed by atoms with Gasteiger partial charge in [0.1, 0.15) is 0 Å². The lowest BCUT2D eigenvalue weighted by Crippen LogP contribution is -2.23. The van der Waals surface area contributed by atoms with Gasteiger partial charge in [0, 0.05) is 6.04 Å². The molecule has 1 N–H and O–H groups in total. The van der Waals surface area contributed by atoms with Gasteiger partial charge in [-0.1, -0.05) is 70.4 Å². The summed E-state index contributed by atoms with van der Waals surface area (Å²) in [6.07, 6.45) is 7.88. The van der Waals surface area contributed by atoms with Gasteiger partial charge in [0.05, 0.1) is 0 Å². The smallest absolute Gasteiger partial charge is 0.0320 e. The molecule has 1 atom stereocenters. The molecule has 0 radical (unpaired) electrons. The summed E-state index contributed by atoms with van der Waals surface area (Å²) in [6.45, 7) is 8.03. The molecule has 0 aliphatic rings. The highest BCUT2D eigenvalue weighted by Gasteiger charge is 2.10. The average Bonchev–Trinajstić information content (AvgIpc) is 2.42. The lowest BCUT2D eigenvalue weighted by molar-refractivity contribution is 0.433. The number of hydrogen-bond acceptors (Lipinski definition) is 1. The van der Waals surface area contributed by atoms with Gasteiger partial charge in [-0.3, -0.25) is 0 Å². The van der Waals surface area contributed by atoms with Gasteiger partial charge in [-0.2, -0.15) is 0 Å². The van der Waals surface area contributed by atoms with Crippen molar-refractivity contribution in [1.29, 1.82) is 0 Å². The molecule has 0 spiro atoms. The van der Waals surface area contributed by atoms with Gasteiger partial charge < -0.3 is 5.32 Å². The summed E-state index contributed by atoms with van der Waals surface area (Å²) in [7, 11) is 0. The molecule has 0 bridgehead atoms. The molecule has 19 heavy (non-hydrogen) atoms. The van der Waals surface area contributed by atoms with Crippen molar-refractivity contribution in [1.82, 2.24) is 5.32 Å². The Hall–Kier alpha value is -0.820. The third-order valence-electron chi connectivity index (χ3n) is 3.66. The molecule has 0 fully saturated rings. The number of benzene rings is 1. The van der Waals surface area contributed by atoms with Crippen LogP contribution in [0.1, 0.15) is 70.9 Å². The molecule has 0 saturated heterocycles. The van der Waals surface area contributed by atoms with Crippen molar-refractivity contribution in [3.8, 4) is 0 Å². The summed E-state index contributed by atoms with van der Waals surface area (Å²) in [4.78, 5) is 0. The van der Waals surface area contributed by atoms with E-state index >= 15 is 0 Å². The highest BCUT2D eigenvalue weighted by atomic mass is 14.9. The Bertz CT molecular complexity index is 305. The molecular weight excluding hydrogens is 230 g/mol. The Kier molecular flexibility index (Phi) is 8.57. The first-order valence-electron chi connectivity index (χ1n) is 8.02. The predicted octanol–water partition coefficient (Wildman–Crippen LogP) is 5.33. The molecule has 1 heteroatoms. The maximum absolute atomic E-state index is 3.75. The number of unbranched alkanes of at least 4 members (excludes halogenated alkanes) is 3. The zero-order valence-electron chi connectivity index (χ0n) is 13.0. The first-order chi connectivity index (χ1) is 9.24. The first kappa shape index (κ1) is 16.2. The van der Waals surface area contributed by atoms with Gasteiger partial charge in [-0.25, -0.2) is 0 Å². The fourth-order valence-electron chi connectivity index (χ4n) is 2.40. The van der Waals surface area contributed by atoms with Crippen LogP contribution < -0.4 is 5.32 Å². The third-order valence-corrected chi connectivity index (χ3v) is 3.66. The van der Waals surface area contributed by atoms with Gasteiger partial charge >= 0.3 is 0 Å². The largest absolute Gasteiger partial charge is 0.310 e. The Labute approximate surface area is 119 Å². The molecule has 1 aromatic rings. The van der Waals surface area contributed by atoms with Crippen molar-refractivity contribution in [3.63, 3.8) is 0 Å². The Morgan fingerprint density at radius 2 is 1.68 bits per heavy atom. The molecular formula is C18H31N. The zero-order chi connectivity index (χ0) is 13.9. The van der Waals surface area contributed by atoms with Crippen LogP contribution in [0.4, 0.5) is 0 Å². The van der Waals surface area contributed by atoms with Crippen LogP contribution >= 0.6 is 0 Å². The van der Waals surface area contributed by atoms with Gasteiger partial charge in [0.25, 0.3) is 0 Å². The summed E-state index contributed by atoms with van der Waals surface area (Å²) < 4.78 is 0. The predicted molar refractivity (Wildman–Crippen MR) is 85.4 cm³/mol. The van der Waals surface area contributed by atoms with Crippen molar-refractivity contribution >= 4 is 0 Å². The van der Waals surface area contributed by atoms with Gasteiger partial charge in [0.15, 0.2) is 0 Å². The summed E-state index contributed by atoms with van der Waals surface area (Å²) in [5.74, 6) is 0.785. The van der Waals surface area contributed by atoms with E-state index in [0.717, 1.165) is 12.5 Å². The SMILES string of the molecule is CCCCCCNC(CCC(C)C)c1ccccc1. The molecule has 0 aliphatic heterocycles. The van der Waals surface area contributed by atoms with Crippen LogP contribution in [0, 0.1) is 5.92 Å². The van der Waals surface area contributed by atoms with Crippen LogP contribution in [-0.4, -0.2) is 6.54 Å². The van der Waals surface area contributed by atoms with Crippen molar-refractivity contribution in [2.75, 3.05) is 6.54 Å². The second-order valence-corrected chi connectivity index (χ2v) is 5.95. The summed E-state index contributed by atoms with van der Waals surface area (Å²) in [5.41, 5.74) is 1.44. The third kappa shape index (κ3) is 7.37. The highest BCUT2D eigenvalue weighted by molar-refractivity contribution is 5.18. The summed E-state index contributed by atoms with van der Waals surface area (Å²) >= 11 is 0. The molecule has 1 nitrogen and oxygen atoms in total. The quantitative estimate of drug-likeness (QED) is 0.561. The minimum Gasteiger partial charge on any atom is -0.310 e. The standard InChI is InChI=1S/C18H31N/c1-4-5-6-10-15-19-18(14-13-16(2)3)17-11-8-7-9-12-17/h7-9,11-12,16,18-19H,4-6,10,13-15H2,1-3H3. The average molecular weight is 261 g/mol. The van der Waals surface area contributed by atoms with Crippen molar-refractivity contribution in [2.45, 2.75) is 65.3 Å². The second kappa shape index (κ2) is 10.0. The Morgan fingerprint density at radius 1 is 0.947 bits per heavy atom. The van der Waals surface area contributed by atoms with Gasteiger partial charge in [-0.05, 0) is 37.3 Å². The van der Waals surface area contributed by atoms with Crippen molar-refractivity contribution in [2.24, 2.45) is 5.92 Å². The Balaban J connectivity index is 2.41. The number of nitrogens with one attached hydrogen (secondary N) is 1. The topological polar surface area (TPSA) is 12.0 Å². The van der Waals surface area contributed by atoms with E-state index in [1.165, 1.54) is 44.1 Å². The van der Waals surface area contributed by atoms with Gasteiger partial charge in [-0.15, -0.1) is 0 Å². The van der Waals surface area contributed by atoms with Crippen LogP contribution in [0.5, 0.6) is 0 Å². The van der Waals surface area contributed by atoms with E-state index < -0.39 is 0 Å². The van der Waals surface area contributed by atoms with Crippen molar-refractivity contribution in [3.05, 3.63) is 35.9 Å². The first-order valence-corrected chi connectivity index (χ1v) is 8.02. The maximum atomic E-state index is 3.75. The molecule has 1 aromatic carbocycles. The fourth-order valence-corrected chi connectivity index (χ4v) is 2.40. The van der Waals surface area contributed by atoms with E-state index in [0.29, 0.717) is 6.04 Å². The summed E-state index contributed by atoms with van der Waals surface area (Å²) in [6, 6.07) is 11.4. The number of rotatable bonds is 10. The van der Waals surface area contributed by atoms with Crippen molar-refractivity contribution < 1.29 is 0 Å². The van der Waals surface area contributed by atoms with Crippen LogP contribution in [0.2, 0.25) is 0 Å². The highest BCUT2D eigenvalue weighted by Crippen LogP contribution is 2.20. The lowest BCUT2D eigenvalue weighted by Gasteiger charge is -2.20. The van der Waals surface area contributed by atoms with E-state index in [1.807, 2.05) is 0 Å². The minimum atomic E-state index is 0.533. The van der Waals surface area contributed by atoms with E-state index in [2.05, 4.69) is 56.4 Å². The van der Waals surface area contributed by atoms with E-state index in [-0.39, 0.29) is 0 Å². The summed E-state index contributed by atoms with van der Waals surface area (Å²) in [5, 5.41) is 3.75. The van der Waals surface area contributed by atoms with Gasteiger partial charge in [0.2, 0.25) is 0 Å². The zero-order valence-corrected chi connectivity index (χ0v) is 13.0. The minimum absolute atomic E-state index is 0.533.